The second-order valence-electron chi connectivity index (χ2n) is 4.27. The van der Waals surface area contributed by atoms with Gasteiger partial charge in [-0.15, -0.1) is 0 Å². The molecule has 0 aromatic carbocycles. The van der Waals surface area contributed by atoms with Gasteiger partial charge in [0.1, 0.15) is 12.1 Å². The Bertz CT molecular complexity index is 494. The molecule has 2 aromatic heterocycles. The molecular formula is C12H18N4O. The lowest BCUT2D eigenvalue weighted by atomic mass is 10.2. The Kier molecular flexibility index (Phi) is 3.58. The highest BCUT2D eigenvalue weighted by Crippen LogP contribution is 2.14. The monoisotopic (exact) mass is 234 g/mol. The fraction of sp³-hybridized carbons (Fsp3) is 0.500. The summed E-state index contributed by atoms with van der Waals surface area (Å²) in [6.07, 6.45) is 2.53. The minimum atomic E-state index is 0.337. The van der Waals surface area contributed by atoms with Crippen LogP contribution >= 0.6 is 0 Å². The summed E-state index contributed by atoms with van der Waals surface area (Å²) in [4.78, 5) is 4.20. The van der Waals surface area contributed by atoms with Crippen molar-refractivity contribution in [3.05, 3.63) is 24.0 Å². The van der Waals surface area contributed by atoms with E-state index in [9.17, 15) is 0 Å². The fourth-order valence-corrected chi connectivity index (χ4v) is 1.78. The summed E-state index contributed by atoms with van der Waals surface area (Å²) >= 11 is 0. The fourth-order valence-electron chi connectivity index (χ4n) is 1.78. The predicted molar refractivity (Wildman–Crippen MR) is 67.3 cm³/mol. The first-order valence-electron chi connectivity index (χ1n) is 5.76. The van der Waals surface area contributed by atoms with Crippen molar-refractivity contribution < 1.29 is 4.74 Å². The van der Waals surface area contributed by atoms with Gasteiger partial charge in [0.05, 0.1) is 0 Å². The minimum Gasteiger partial charge on any atom is -0.385 e. The Balaban J connectivity index is 2.19. The molecular weight excluding hydrogens is 216 g/mol. The van der Waals surface area contributed by atoms with Crippen LogP contribution in [0, 0.1) is 6.92 Å². The first-order chi connectivity index (χ1) is 8.20. The normalized spacial score (nSPS) is 12.9. The molecule has 1 N–H and O–H groups in total. The molecule has 5 nitrogen and oxygen atoms in total. The van der Waals surface area contributed by atoms with E-state index in [1.54, 1.807) is 13.4 Å². The van der Waals surface area contributed by atoms with Crippen molar-refractivity contribution in [1.29, 1.82) is 0 Å². The molecule has 0 saturated heterocycles. The maximum Gasteiger partial charge on any atom is 0.157 e. The highest BCUT2D eigenvalue weighted by Gasteiger charge is 2.07. The van der Waals surface area contributed by atoms with Gasteiger partial charge in [-0.1, -0.05) is 0 Å². The largest absolute Gasteiger partial charge is 0.385 e. The van der Waals surface area contributed by atoms with Gasteiger partial charge in [0.15, 0.2) is 5.65 Å². The predicted octanol–water partition coefficient (Wildman–Crippen LogP) is 1.87. The minimum absolute atomic E-state index is 0.337. The number of fused-ring (bicyclic) bond motifs is 1. The van der Waals surface area contributed by atoms with Gasteiger partial charge in [-0.2, -0.15) is 9.61 Å². The van der Waals surface area contributed by atoms with E-state index in [-0.39, 0.29) is 0 Å². The zero-order chi connectivity index (χ0) is 12.3. The number of anilines is 1. The van der Waals surface area contributed by atoms with Crippen molar-refractivity contribution in [1.82, 2.24) is 14.6 Å². The number of hydrogen-bond donors (Lipinski definition) is 1. The third kappa shape index (κ3) is 2.74. The average Bonchev–Trinajstić information content (AvgIpc) is 2.74. The Hall–Kier alpha value is -1.62. The lowest BCUT2D eigenvalue weighted by Crippen LogP contribution is -2.19. The number of aromatic nitrogens is 3. The van der Waals surface area contributed by atoms with Crippen LogP contribution in [0.2, 0.25) is 0 Å². The average molecular weight is 234 g/mol. The number of aryl methyl sites for hydroxylation is 1. The van der Waals surface area contributed by atoms with Crippen LogP contribution in [0.4, 0.5) is 5.82 Å². The molecule has 0 spiro atoms. The summed E-state index contributed by atoms with van der Waals surface area (Å²) in [5, 5.41) is 7.63. The molecule has 0 bridgehead atoms. The Morgan fingerprint density at radius 1 is 1.47 bits per heavy atom. The molecule has 17 heavy (non-hydrogen) atoms. The third-order valence-electron chi connectivity index (χ3n) is 2.67. The molecule has 0 aliphatic rings. The molecule has 0 fully saturated rings. The van der Waals surface area contributed by atoms with Crippen LogP contribution in [-0.2, 0) is 4.74 Å². The number of nitrogens with one attached hydrogen (secondary N) is 1. The van der Waals surface area contributed by atoms with E-state index in [1.165, 1.54) is 5.56 Å². The lowest BCUT2D eigenvalue weighted by molar-refractivity contribution is 0.191. The number of ether oxygens (including phenoxy) is 1. The Labute approximate surface area is 101 Å². The molecule has 1 unspecified atom stereocenters. The van der Waals surface area contributed by atoms with Crippen LogP contribution in [0.3, 0.4) is 0 Å². The molecule has 1 atom stereocenters. The maximum atomic E-state index is 5.07. The van der Waals surface area contributed by atoms with Gasteiger partial charge in [-0.3, -0.25) is 0 Å². The van der Waals surface area contributed by atoms with Gasteiger partial charge in [-0.05, 0) is 38.0 Å². The van der Waals surface area contributed by atoms with Gasteiger partial charge in [0.25, 0.3) is 0 Å². The molecule has 2 rings (SSSR count). The van der Waals surface area contributed by atoms with Crippen molar-refractivity contribution in [2.24, 2.45) is 0 Å². The van der Waals surface area contributed by atoms with Gasteiger partial charge in [-0.25, -0.2) is 4.98 Å². The van der Waals surface area contributed by atoms with E-state index in [0.717, 1.165) is 24.5 Å². The number of hydrogen-bond acceptors (Lipinski definition) is 4. The summed E-state index contributed by atoms with van der Waals surface area (Å²) in [6, 6.07) is 4.42. The molecule has 92 valence electrons. The van der Waals surface area contributed by atoms with Crippen LogP contribution in [-0.4, -0.2) is 34.4 Å². The standard InChI is InChI=1S/C12H18N4O/c1-9-6-11-13-8-14-16(11)12(7-9)15-10(2)4-5-17-3/h6-8,10,15H,4-5H2,1-3H3. The van der Waals surface area contributed by atoms with E-state index in [1.807, 2.05) is 10.6 Å². The second-order valence-corrected chi connectivity index (χ2v) is 4.27. The lowest BCUT2D eigenvalue weighted by Gasteiger charge is -2.15. The first-order valence-corrected chi connectivity index (χ1v) is 5.76. The van der Waals surface area contributed by atoms with E-state index in [4.69, 9.17) is 4.74 Å². The zero-order valence-corrected chi connectivity index (χ0v) is 10.5. The quantitative estimate of drug-likeness (QED) is 0.858. The van der Waals surface area contributed by atoms with Crippen LogP contribution in [0.1, 0.15) is 18.9 Å². The van der Waals surface area contributed by atoms with E-state index >= 15 is 0 Å². The number of rotatable bonds is 5. The zero-order valence-electron chi connectivity index (χ0n) is 10.5. The second kappa shape index (κ2) is 5.14. The Morgan fingerprint density at radius 3 is 3.06 bits per heavy atom. The van der Waals surface area contributed by atoms with Crippen LogP contribution in [0.25, 0.3) is 5.65 Å². The van der Waals surface area contributed by atoms with Crippen LogP contribution < -0.4 is 5.32 Å². The van der Waals surface area contributed by atoms with Crippen molar-refractivity contribution in [2.75, 3.05) is 19.0 Å². The number of pyridine rings is 1. The van der Waals surface area contributed by atoms with Gasteiger partial charge < -0.3 is 10.1 Å². The third-order valence-corrected chi connectivity index (χ3v) is 2.67. The number of methoxy groups -OCH3 is 1. The molecule has 2 aromatic rings. The maximum absolute atomic E-state index is 5.07. The van der Waals surface area contributed by atoms with Gasteiger partial charge in [0, 0.05) is 19.8 Å². The SMILES string of the molecule is COCCC(C)Nc1cc(C)cc2ncnn12. The molecule has 5 heteroatoms. The highest BCUT2D eigenvalue weighted by atomic mass is 16.5. The highest BCUT2D eigenvalue weighted by molar-refractivity contribution is 5.51. The Morgan fingerprint density at radius 2 is 2.29 bits per heavy atom. The van der Waals surface area contributed by atoms with Gasteiger partial charge in [0.2, 0.25) is 0 Å². The molecule has 2 heterocycles. The van der Waals surface area contributed by atoms with Crippen molar-refractivity contribution >= 4 is 11.5 Å². The van der Waals surface area contributed by atoms with E-state index < -0.39 is 0 Å². The summed E-state index contributed by atoms with van der Waals surface area (Å²) in [5.74, 6) is 0.973. The molecule has 0 radical (unpaired) electrons. The summed E-state index contributed by atoms with van der Waals surface area (Å²) < 4.78 is 6.89. The molecule has 0 amide bonds. The summed E-state index contributed by atoms with van der Waals surface area (Å²) in [5.41, 5.74) is 2.04. The van der Waals surface area contributed by atoms with E-state index in [0.29, 0.717) is 6.04 Å². The first kappa shape index (κ1) is 11.9. The topological polar surface area (TPSA) is 51.5 Å². The summed E-state index contributed by atoms with van der Waals surface area (Å²) in [7, 11) is 1.72. The van der Waals surface area contributed by atoms with Crippen LogP contribution in [0.5, 0.6) is 0 Å². The van der Waals surface area contributed by atoms with E-state index in [2.05, 4.69) is 35.3 Å². The molecule has 0 aliphatic carbocycles. The molecule has 0 saturated carbocycles. The summed E-state index contributed by atoms with van der Waals surface area (Å²) in [6.45, 7) is 4.93. The van der Waals surface area contributed by atoms with Crippen molar-refractivity contribution in [2.45, 2.75) is 26.3 Å². The smallest absolute Gasteiger partial charge is 0.157 e. The van der Waals surface area contributed by atoms with Crippen LogP contribution in [0.15, 0.2) is 18.5 Å². The molecule has 0 aliphatic heterocycles. The van der Waals surface area contributed by atoms with Crippen molar-refractivity contribution in [3.63, 3.8) is 0 Å². The van der Waals surface area contributed by atoms with Crippen molar-refractivity contribution in [3.8, 4) is 0 Å². The number of nitrogens with zero attached hydrogens (tertiary/aromatic N) is 3. The van der Waals surface area contributed by atoms with Gasteiger partial charge >= 0.3 is 0 Å².